The predicted molar refractivity (Wildman–Crippen MR) is 46.2 cm³/mol. The molecule has 0 aliphatic rings. The van der Waals surface area contributed by atoms with Crippen LogP contribution in [-0.2, 0) is 0 Å². The Hall–Kier alpha value is -0.340. The lowest BCUT2D eigenvalue weighted by Crippen LogP contribution is -2.27. The van der Waals surface area contributed by atoms with Crippen molar-refractivity contribution in [1.82, 2.24) is 0 Å². The molecule has 0 aromatic carbocycles. The summed E-state index contributed by atoms with van der Waals surface area (Å²) < 4.78 is 0. The van der Waals surface area contributed by atoms with Crippen molar-refractivity contribution in [3.8, 4) is 0 Å². The van der Waals surface area contributed by atoms with Crippen LogP contribution < -0.4 is 0 Å². The maximum atomic E-state index is 9.32. The fraction of sp³-hybridized carbons (Fsp3) is 0.778. The molecule has 0 aliphatic heterocycles. The van der Waals surface area contributed by atoms with Crippen LogP contribution in [0.2, 0.25) is 0 Å². The molecule has 0 radical (unpaired) electrons. The molecule has 0 saturated carbocycles. The van der Waals surface area contributed by atoms with Gasteiger partial charge in [0.25, 0.3) is 0 Å². The van der Waals surface area contributed by atoms with E-state index in [2.05, 4.69) is 6.58 Å². The van der Waals surface area contributed by atoms with Gasteiger partial charge in [0.05, 0.1) is 12.7 Å². The second-order valence-electron chi connectivity index (χ2n) is 3.18. The Bertz CT molecular complexity index is 110. The van der Waals surface area contributed by atoms with E-state index >= 15 is 0 Å². The van der Waals surface area contributed by atoms with Gasteiger partial charge in [0, 0.05) is 0 Å². The minimum Gasteiger partial charge on any atom is -0.394 e. The summed E-state index contributed by atoms with van der Waals surface area (Å²) in [4.78, 5) is 0. The SMILES string of the molecule is C=CC[C@H](C(C)C)C(O)CO. The molecule has 0 spiro atoms. The van der Waals surface area contributed by atoms with E-state index < -0.39 is 6.10 Å². The van der Waals surface area contributed by atoms with Crippen LogP contribution in [0.1, 0.15) is 20.3 Å². The number of allylic oxidation sites excluding steroid dienone is 1. The zero-order chi connectivity index (χ0) is 8.85. The number of hydrogen-bond acceptors (Lipinski definition) is 2. The second-order valence-corrected chi connectivity index (χ2v) is 3.18. The van der Waals surface area contributed by atoms with Crippen LogP contribution in [0.4, 0.5) is 0 Å². The van der Waals surface area contributed by atoms with Crippen molar-refractivity contribution in [3.63, 3.8) is 0 Å². The number of aliphatic hydroxyl groups is 2. The molecule has 2 heteroatoms. The summed E-state index contributed by atoms with van der Waals surface area (Å²) in [5.74, 6) is 0.521. The van der Waals surface area contributed by atoms with E-state index in [4.69, 9.17) is 5.11 Å². The van der Waals surface area contributed by atoms with Crippen LogP contribution in [0.3, 0.4) is 0 Å². The highest BCUT2D eigenvalue weighted by atomic mass is 16.3. The molecule has 0 aromatic rings. The Morgan fingerprint density at radius 2 is 2.00 bits per heavy atom. The van der Waals surface area contributed by atoms with E-state index in [1.54, 1.807) is 6.08 Å². The third-order valence-electron chi connectivity index (χ3n) is 1.98. The third-order valence-corrected chi connectivity index (χ3v) is 1.98. The minimum atomic E-state index is -0.604. The summed E-state index contributed by atoms with van der Waals surface area (Å²) in [5.41, 5.74) is 0. The summed E-state index contributed by atoms with van der Waals surface area (Å²) in [6.07, 6.45) is 1.94. The maximum absolute atomic E-state index is 9.32. The van der Waals surface area contributed by atoms with Gasteiger partial charge in [0.2, 0.25) is 0 Å². The first-order valence-corrected chi connectivity index (χ1v) is 4.03. The smallest absolute Gasteiger partial charge is 0.0804 e. The van der Waals surface area contributed by atoms with Crippen molar-refractivity contribution in [2.75, 3.05) is 6.61 Å². The molecular formula is C9H18O2. The monoisotopic (exact) mass is 158 g/mol. The van der Waals surface area contributed by atoms with Crippen molar-refractivity contribution in [2.24, 2.45) is 11.8 Å². The third kappa shape index (κ3) is 3.54. The van der Waals surface area contributed by atoms with Crippen LogP contribution in [0, 0.1) is 11.8 Å². The number of aliphatic hydroxyl groups excluding tert-OH is 2. The molecule has 0 fully saturated rings. The average molecular weight is 158 g/mol. The van der Waals surface area contributed by atoms with E-state index in [9.17, 15) is 5.11 Å². The molecule has 0 aromatic heterocycles. The van der Waals surface area contributed by atoms with Crippen LogP contribution in [0.15, 0.2) is 12.7 Å². The number of hydrogen-bond donors (Lipinski definition) is 2. The zero-order valence-corrected chi connectivity index (χ0v) is 7.33. The van der Waals surface area contributed by atoms with Gasteiger partial charge in [-0.05, 0) is 18.3 Å². The fourth-order valence-corrected chi connectivity index (χ4v) is 1.20. The molecule has 2 atom stereocenters. The van der Waals surface area contributed by atoms with Crippen molar-refractivity contribution in [1.29, 1.82) is 0 Å². The standard InChI is InChI=1S/C9H18O2/c1-4-5-8(7(2)3)9(11)6-10/h4,7-11H,1,5-6H2,2-3H3/t8-,9?/m1/s1. The lowest BCUT2D eigenvalue weighted by molar-refractivity contribution is 0.0303. The van der Waals surface area contributed by atoms with Gasteiger partial charge in [-0.2, -0.15) is 0 Å². The van der Waals surface area contributed by atoms with E-state index in [1.807, 2.05) is 13.8 Å². The Labute approximate surface area is 68.6 Å². The van der Waals surface area contributed by atoms with Crippen molar-refractivity contribution in [3.05, 3.63) is 12.7 Å². The Kier molecular flexibility index (Phi) is 5.16. The van der Waals surface area contributed by atoms with E-state index in [0.717, 1.165) is 6.42 Å². The van der Waals surface area contributed by atoms with Crippen molar-refractivity contribution >= 4 is 0 Å². The summed E-state index contributed by atoms with van der Waals surface area (Å²) >= 11 is 0. The van der Waals surface area contributed by atoms with Gasteiger partial charge < -0.3 is 10.2 Å². The molecule has 0 saturated heterocycles. The van der Waals surface area contributed by atoms with Crippen molar-refractivity contribution in [2.45, 2.75) is 26.4 Å². The highest BCUT2D eigenvalue weighted by Gasteiger charge is 2.19. The quantitative estimate of drug-likeness (QED) is 0.590. The lowest BCUT2D eigenvalue weighted by atomic mass is 9.88. The molecule has 1 unspecified atom stereocenters. The van der Waals surface area contributed by atoms with E-state index in [0.29, 0.717) is 5.92 Å². The highest BCUT2D eigenvalue weighted by Crippen LogP contribution is 2.19. The maximum Gasteiger partial charge on any atom is 0.0804 e. The largest absolute Gasteiger partial charge is 0.394 e. The van der Waals surface area contributed by atoms with Crippen LogP contribution in [0.5, 0.6) is 0 Å². The second kappa shape index (κ2) is 5.33. The Morgan fingerprint density at radius 1 is 1.45 bits per heavy atom. The molecule has 2 nitrogen and oxygen atoms in total. The molecule has 66 valence electrons. The molecular weight excluding hydrogens is 140 g/mol. The first kappa shape index (κ1) is 10.7. The van der Waals surface area contributed by atoms with Gasteiger partial charge in [0.15, 0.2) is 0 Å². The van der Waals surface area contributed by atoms with Gasteiger partial charge in [-0.3, -0.25) is 0 Å². The van der Waals surface area contributed by atoms with Crippen molar-refractivity contribution < 1.29 is 10.2 Å². The van der Waals surface area contributed by atoms with E-state index in [1.165, 1.54) is 0 Å². The molecule has 0 aliphatic carbocycles. The molecule has 0 amide bonds. The molecule has 0 heterocycles. The van der Waals surface area contributed by atoms with Gasteiger partial charge in [-0.15, -0.1) is 6.58 Å². The predicted octanol–water partition coefficient (Wildman–Crippen LogP) is 1.19. The summed E-state index contributed by atoms with van der Waals surface area (Å²) in [5, 5.41) is 18.0. The fourth-order valence-electron chi connectivity index (χ4n) is 1.20. The minimum absolute atomic E-state index is 0.137. The van der Waals surface area contributed by atoms with E-state index in [-0.39, 0.29) is 12.5 Å². The van der Waals surface area contributed by atoms with Crippen LogP contribution in [-0.4, -0.2) is 22.9 Å². The number of rotatable bonds is 5. The van der Waals surface area contributed by atoms with Gasteiger partial charge in [-0.1, -0.05) is 19.9 Å². The molecule has 0 bridgehead atoms. The molecule has 2 N–H and O–H groups in total. The first-order chi connectivity index (χ1) is 5.13. The van der Waals surface area contributed by atoms with Gasteiger partial charge in [0.1, 0.15) is 0 Å². The average Bonchev–Trinajstić information content (AvgIpc) is 1.98. The molecule has 11 heavy (non-hydrogen) atoms. The van der Waals surface area contributed by atoms with Crippen LogP contribution in [0.25, 0.3) is 0 Å². The highest BCUT2D eigenvalue weighted by molar-refractivity contribution is 4.79. The van der Waals surface area contributed by atoms with Gasteiger partial charge in [-0.25, -0.2) is 0 Å². The summed E-state index contributed by atoms with van der Waals surface area (Å²) in [6.45, 7) is 7.52. The zero-order valence-electron chi connectivity index (χ0n) is 7.33. The first-order valence-electron chi connectivity index (χ1n) is 4.03. The summed E-state index contributed by atoms with van der Waals surface area (Å²) in [6, 6.07) is 0. The topological polar surface area (TPSA) is 40.5 Å². The lowest BCUT2D eigenvalue weighted by Gasteiger charge is -2.23. The Morgan fingerprint density at radius 3 is 2.27 bits per heavy atom. The summed E-state index contributed by atoms with van der Waals surface area (Å²) in [7, 11) is 0. The van der Waals surface area contributed by atoms with Crippen LogP contribution >= 0.6 is 0 Å². The normalized spacial score (nSPS) is 16.5. The van der Waals surface area contributed by atoms with Gasteiger partial charge >= 0.3 is 0 Å². The molecule has 0 rings (SSSR count). The Balaban J connectivity index is 3.96.